The van der Waals surface area contributed by atoms with Gasteiger partial charge in [-0.05, 0) is 35.4 Å². The molecule has 1 saturated carbocycles. The normalized spacial score (nSPS) is 28.5. The van der Waals surface area contributed by atoms with Crippen molar-refractivity contribution in [3.8, 4) is 11.4 Å². The molecule has 0 saturated heterocycles. The Morgan fingerprint density at radius 2 is 1.47 bits per heavy atom. The highest BCUT2D eigenvalue weighted by molar-refractivity contribution is 6.66. The fraction of sp³-hybridized carbons (Fsp3) is 0.231. The van der Waals surface area contributed by atoms with Crippen LogP contribution in [0.25, 0.3) is 5.69 Å². The maximum atomic E-state index is 13.7. The summed E-state index contributed by atoms with van der Waals surface area (Å²) >= 11 is 26.6. The number of Topliss-reactive ketones (excluding diaryl/α,β-unsaturated/α-hetero) is 2. The van der Waals surface area contributed by atoms with E-state index in [9.17, 15) is 24.3 Å². The molecule has 8 nitrogen and oxygen atoms in total. The lowest BCUT2D eigenvalue weighted by Crippen LogP contribution is -2.67. The first-order valence-electron chi connectivity index (χ1n) is 11.5. The van der Waals surface area contributed by atoms with Crippen molar-refractivity contribution < 1.29 is 14.7 Å². The Morgan fingerprint density at radius 1 is 0.842 bits per heavy atom. The molecule has 0 unspecified atom stereocenters. The van der Waals surface area contributed by atoms with Crippen molar-refractivity contribution in [1.29, 1.82) is 0 Å². The summed E-state index contributed by atoms with van der Waals surface area (Å²) in [6, 6.07) is 13.4. The van der Waals surface area contributed by atoms with E-state index < -0.39 is 54.7 Å². The quantitative estimate of drug-likeness (QED) is 0.358. The molecule has 12 heteroatoms. The third-order valence-electron chi connectivity index (χ3n) is 7.54. The summed E-state index contributed by atoms with van der Waals surface area (Å²) in [5.74, 6) is -2.75. The maximum absolute atomic E-state index is 13.7. The zero-order valence-corrected chi connectivity index (χ0v) is 22.3. The van der Waals surface area contributed by atoms with Crippen molar-refractivity contribution in [3.63, 3.8) is 0 Å². The average molecular weight is 593 g/mol. The third kappa shape index (κ3) is 3.12. The number of carbonyl (C=O) groups excluding carboxylic acids is 2. The first-order valence-corrected chi connectivity index (χ1v) is 13.0. The SMILES string of the molecule is O=C1C(Cl)=C(Cl)C(=O)[C@@]2(Cl)[C@@H](c3ccc(O)cc3)C3=CCn4c(=O)n(-c5ccccc5)c(=O)n4[C@@H]3C[C@@]12Cl. The van der Waals surface area contributed by atoms with Gasteiger partial charge < -0.3 is 5.11 Å². The predicted octanol–water partition coefficient (Wildman–Crippen LogP) is 3.97. The standard InChI is InChI=1S/C26H17Cl4N3O5/c27-19-20(28)22(36)26(30)18(13-6-8-15(34)9-7-13)16-10-11-31-23(37)32(14-4-2-1-3-5-14)24(38)33(31)17(16)12-25(26,29)21(19)35/h1-10,17-18,34H,11-12H2/t17-,18+,25-,26+/m1/s1. The number of nitrogens with zero attached hydrogens (tertiary/aromatic N) is 3. The van der Waals surface area contributed by atoms with Gasteiger partial charge in [-0.3, -0.25) is 9.59 Å². The second-order valence-electron chi connectivity index (χ2n) is 9.41. The summed E-state index contributed by atoms with van der Waals surface area (Å²) in [5.41, 5.74) is 0.124. The number of alkyl halides is 2. The van der Waals surface area contributed by atoms with Gasteiger partial charge in [-0.2, -0.15) is 0 Å². The third-order valence-corrected chi connectivity index (χ3v) is 9.80. The number of para-hydroxylation sites is 1. The molecule has 3 aliphatic rings. The van der Waals surface area contributed by atoms with Crippen LogP contribution in [0.3, 0.4) is 0 Å². The van der Waals surface area contributed by atoms with Gasteiger partial charge in [0.1, 0.15) is 25.6 Å². The Labute approximate surface area is 234 Å². The molecule has 4 atom stereocenters. The van der Waals surface area contributed by atoms with E-state index in [4.69, 9.17) is 46.4 Å². The summed E-state index contributed by atoms with van der Waals surface area (Å²) in [7, 11) is 0. The largest absolute Gasteiger partial charge is 0.508 e. The van der Waals surface area contributed by atoms with Crippen LogP contribution in [-0.2, 0) is 16.1 Å². The first-order chi connectivity index (χ1) is 18.0. The average Bonchev–Trinajstić information content (AvgIpc) is 3.17. The van der Waals surface area contributed by atoms with E-state index in [2.05, 4.69) is 0 Å². The Kier molecular flexibility index (Phi) is 5.63. The first kappa shape index (κ1) is 25.2. The summed E-state index contributed by atoms with van der Waals surface area (Å²) in [5, 5.41) is 8.82. The Hall–Kier alpha value is -3.04. The smallest absolute Gasteiger partial charge is 0.352 e. The molecule has 2 aromatic carbocycles. The van der Waals surface area contributed by atoms with Gasteiger partial charge in [0.25, 0.3) is 0 Å². The molecule has 1 N–H and O–H groups in total. The molecule has 0 bridgehead atoms. The lowest BCUT2D eigenvalue weighted by Gasteiger charge is -2.54. The zero-order valence-electron chi connectivity index (χ0n) is 19.3. The zero-order chi connectivity index (χ0) is 27.1. The highest BCUT2D eigenvalue weighted by Gasteiger charge is 2.71. The second kappa shape index (κ2) is 8.48. The highest BCUT2D eigenvalue weighted by atomic mass is 35.5. The van der Waals surface area contributed by atoms with Gasteiger partial charge in [-0.15, -0.1) is 23.2 Å². The lowest BCUT2D eigenvalue weighted by atomic mass is 9.59. The van der Waals surface area contributed by atoms with Crippen molar-refractivity contribution in [2.24, 2.45) is 0 Å². The number of carbonyl (C=O) groups is 2. The number of allylic oxidation sites excluding steroid dienone is 4. The molecular formula is C26H17Cl4N3O5. The molecule has 1 fully saturated rings. The molecule has 0 radical (unpaired) electrons. The van der Waals surface area contributed by atoms with Gasteiger partial charge in [0.2, 0.25) is 0 Å². The number of aromatic nitrogens is 3. The van der Waals surface area contributed by atoms with Gasteiger partial charge in [-0.25, -0.2) is 23.5 Å². The van der Waals surface area contributed by atoms with Crippen LogP contribution in [0.1, 0.15) is 23.9 Å². The highest BCUT2D eigenvalue weighted by Crippen LogP contribution is 2.63. The maximum Gasteiger partial charge on any atom is 0.352 e. The lowest BCUT2D eigenvalue weighted by molar-refractivity contribution is -0.128. The second-order valence-corrected chi connectivity index (χ2v) is 11.4. The number of ketones is 2. The number of hydrogen-bond donors (Lipinski definition) is 1. The van der Waals surface area contributed by atoms with E-state index in [-0.39, 0.29) is 18.7 Å². The van der Waals surface area contributed by atoms with Crippen molar-refractivity contribution in [3.05, 3.63) is 103 Å². The molecule has 2 aliphatic carbocycles. The van der Waals surface area contributed by atoms with Crippen LogP contribution in [0.15, 0.2) is 85.9 Å². The predicted molar refractivity (Wildman–Crippen MR) is 143 cm³/mol. The molecule has 3 aromatic rings. The van der Waals surface area contributed by atoms with Crippen LogP contribution in [-0.4, -0.2) is 40.4 Å². The van der Waals surface area contributed by atoms with Gasteiger partial charge >= 0.3 is 11.4 Å². The fourth-order valence-electron chi connectivity index (χ4n) is 5.81. The number of rotatable bonds is 2. The van der Waals surface area contributed by atoms with Crippen LogP contribution in [0.2, 0.25) is 0 Å². The van der Waals surface area contributed by atoms with Gasteiger partial charge in [0, 0.05) is 12.3 Å². The van der Waals surface area contributed by atoms with E-state index >= 15 is 0 Å². The summed E-state index contributed by atoms with van der Waals surface area (Å²) in [6.45, 7) is 0.00302. The van der Waals surface area contributed by atoms with Crippen LogP contribution in [0, 0.1) is 0 Å². The summed E-state index contributed by atoms with van der Waals surface area (Å²) < 4.78 is 3.55. The number of benzene rings is 2. The molecule has 6 rings (SSSR count). The van der Waals surface area contributed by atoms with Crippen molar-refractivity contribution in [2.45, 2.75) is 34.7 Å². The number of phenols is 1. The van der Waals surface area contributed by atoms with E-state index in [1.165, 1.54) is 21.5 Å². The minimum absolute atomic E-state index is 0.00302. The number of aromatic hydroxyl groups is 1. The minimum atomic E-state index is -2.11. The van der Waals surface area contributed by atoms with Crippen LogP contribution in [0.4, 0.5) is 0 Å². The fourth-order valence-corrected chi connectivity index (χ4v) is 7.33. The van der Waals surface area contributed by atoms with Crippen LogP contribution < -0.4 is 11.4 Å². The molecular weight excluding hydrogens is 576 g/mol. The molecule has 38 heavy (non-hydrogen) atoms. The Balaban J connectivity index is 1.64. The number of phenolic OH excluding ortho intramolecular Hbond substituents is 1. The van der Waals surface area contributed by atoms with E-state index in [0.717, 1.165) is 4.57 Å². The Morgan fingerprint density at radius 3 is 2.13 bits per heavy atom. The molecule has 1 aliphatic heterocycles. The van der Waals surface area contributed by atoms with Crippen LogP contribution in [0.5, 0.6) is 5.75 Å². The van der Waals surface area contributed by atoms with E-state index in [0.29, 0.717) is 16.8 Å². The molecule has 0 spiro atoms. The van der Waals surface area contributed by atoms with Gasteiger partial charge in [0.05, 0.1) is 18.3 Å². The number of halogens is 4. The van der Waals surface area contributed by atoms with Crippen molar-refractivity contribution >= 4 is 58.0 Å². The topological polar surface area (TPSA) is 103 Å². The number of fused-ring (bicyclic) bond motifs is 4. The molecule has 0 amide bonds. The molecule has 194 valence electrons. The van der Waals surface area contributed by atoms with E-state index in [1.807, 2.05) is 0 Å². The molecule has 1 aromatic heterocycles. The molecule has 2 heterocycles. The number of hydrogen-bond acceptors (Lipinski definition) is 5. The van der Waals surface area contributed by atoms with Crippen molar-refractivity contribution in [2.75, 3.05) is 0 Å². The summed E-state index contributed by atoms with van der Waals surface area (Å²) in [4.78, 5) is 50.1. The monoisotopic (exact) mass is 591 g/mol. The van der Waals surface area contributed by atoms with Crippen molar-refractivity contribution in [1.82, 2.24) is 13.9 Å². The van der Waals surface area contributed by atoms with Gasteiger partial charge in [0.15, 0.2) is 11.6 Å². The van der Waals surface area contributed by atoms with E-state index in [1.54, 1.807) is 48.5 Å². The minimum Gasteiger partial charge on any atom is -0.508 e. The summed E-state index contributed by atoms with van der Waals surface area (Å²) in [6.07, 6.45) is 1.41. The Bertz CT molecular complexity index is 1720. The van der Waals surface area contributed by atoms with Crippen LogP contribution >= 0.6 is 46.4 Å². The van der Waals surface area contributed by atoms with Gasteiger partial charge in [-0.1, -0.05) is 59.6 Å².